The van der Waals surface area contributed by atoms with E-state index in [-0.39, 0.29) is 17.7 Å². The number of ether oxygens (including phenoxy) is 3. The SMILES string of the molecule is CCc1c(C(=O)/C=C/c2ccc(OCCCOc3cc4c(cc3C=O)C(=O)N3CCCC3C=N4)c(OC)c2)c(C)nc2ccccc12. The number of benzene rings is 3. The molecule has 47 heavy (non-hydrogen) atoms. The highest BCUT2D eigenvalue weighted by Crippen LogP contribution is 2.34. The first-order chi connectivity index (χ1) is 22.9. The minimum Gasteiger partial charge on any atom is -0.493 e. The summed E-state index contributed by atoms with van der Waals surface area (Å²) < 4.78 is 17.5. The van der Waals surface area contributed by atoms with Crippen LogP contribution in [0.15, 0.2) is 65.7 Å². The van der Waals surface area contributed by atoms with Crippen molar-refractivity contribution in [2.75, 3.05) is 26.9 Å². The van der Waals surface area contributed by atoms with Crippen LogP contribution in [-0.2, 0) is 6.42 Å². The van der Waals surface area contributed by atoms with E-state index in [0.29, 0.717) is 77.8 Å². The summed E-state index contributed by atoms with van der Waals surface area (Å²) in [7, 11) is 1.57. The van der Waals surface area contributed by atoms with Crippen molar-refractivity contribution < 1.29 is 28.6 Å². The summed E-state index contributed by atoms with van der Waals surface area (Å²) in [6.07, 6.45) is 8.95. The maximum Gasteiger partial charge on any atom is 0.256 e. The molecule has 2 aliphatic rings. The molecule has 4 aromatic rings. The van der Waals surface area contributed by atoms with Gasteiger partial charge in [-0.1, -0.05) is 37.3 Å². The Balaban J connectivity index is 1.07. The van der Waals surface area contributed by atoms with Crippen LogP contribution in [0, 0.1) is 6.92 Å². The van der Waals surface area contributed by atoms with Crippen molar-refractivity contribution in [3.63, 3.8) is 0 Å². The van der Waals surface area contributed by atoms with Crippen molar-refractivity contribution >= 4 is 46.9 Å². The smallest absolute Gasteiger partial charge is 0.256 e. The molecule has 1 saturated heterocycles. The molecule has 1 unspecified atom stereocenters. The van der Waals surface area contributed by atoms with Crippen LogP contribution in [0.5, 0.6) is 17.2 Å². The highest BCUT2D eigenvalue weighted by Gasteiger charge is 2.32. The van der Waals surface area contributed by atoms with E-state index in [0.717, 1.165) is 41.3 Å². The molecule has 0 spiro atoms. The standard InChI is InChI=1S/C38H37N3O6/c1-4-28-29-10-5-6-11-31(29)40-24(2)37(28)33(43)14-12-25-13-15-34(36(19-25)45-3)46-17-8-18-47-35-21-32-30(20-26(35)23-42)38(44)41-16-7-9-27(41)22-39-32/h5-6,10-15,19-23,27H,4,7-9,16-18H2,1-3H3/b14-12+. The minimum atomic E-state index is -0.104. The molecule has 2 aliphatic heterocycles. The number of carbonyl (C=O) groups is 3. The van der Waals surface area contributed by atoms with Crippen LogP contribution in [-0.4, -0.2) is 67.0 Å². The molecule has 9 nitrogen and oxygen atoms in total. The molecule has 0 bridgehead atoms. The lowest BCUT2D eigenvalue weighted by Gasteiger charge is -2.20. The number of amides is 1. The number of ketones is 1. The molecule has 9 heteroatoms. The molecule has 6 rings (SSSR count). The van der Waals surface area contributed by atoms with E-state index in [2.05, 4.69) is 16.9 Å². The zero-order valence-electron chi connectivity index (χ0n) is 26.8. The number of rotatable bonds is 12. The summed E-state index contributed by atoms with van der Waals surface area (Å²) in [6.45, 7) is 5.25. The number of aryl methyl sites for hydroxylation is 2. The Kier molecular flexibility index (Phi) is 9.42. The number of fused-ring (bicyclic) bond motifs is 3. The Morgan fingerprint density at radius 1 is 1.04 bits per heavy atom. The van der Waals surface area contributed by atoms with E-state index in [1.54, 1.807) is 31.4 Å². The van der Waals surface area contributed by atoms with Gasteiger partial charge in [0.2, 0.25) is 0 Å². The summed E-state index contributed by atoms with van der Waals surface area (Å²) in [4.78, 5) is 49.2. The van der Waals surface area contributed by atoms with Crippen molar-refractivity contribution in [1.29, 1.82) is 0 Å². The third-order valence-corrected chi connectivity index (χ3v) is 8.63. The summed E-state index contributed by atoms with van der Waals surface area (Å²) in [5.74, 6) is 1.28. The van der Waals surface area contributed by atoms with Gasteiger partial charge in [-0.3, -0.25) is 24.4 Å². The molecule has 1 amide bonds. The zero-order chi connectivity index (χ0) is 32.9. The molecule has 3 heterocycles. The summed E-state index contributed by atoms with van der Waals surface area (Å²) >= 11 is 0. The van der Waals surface area contributed by atoms with Crippen molar-refractivity contribution in [3.8, 4) is 17.2 Å². The van der Waals surface area contributed by atoms with Crippen LogP contribution in [0.3, 0.4) is 0 Å². The van der Waals surface area contributed by atoms with E-state index < -0.39 is 0 Å². The average Bonchev–Trinajstić information content (AvgIpc) is 3.53. The van der Waals surface area contributed by atoms with Crippen molar-refractivity contribution in [2.45, 2.75) is 45.6 Å². The van der Waals surface area contributed by atoms with Crippen molar-refractivity contribution in [2.24, 2.45) is 4.99 Å². The maximum atomic E-state index is 13.3. The number of allylic oxidation sites excluding steroid dienone is 1. The van der Waals surface area contributed by atoms with Crippen LogP contribution in [0.2, 0.25) is 0 Å². The molecule has 1 atom stereocenters. The lowest BCUT2D eigenvalue weighted by molar-refractivity contribution is 0.0774. The lowest BCUT2D eigenvalue weighted by atomic mass is 9.95. The molecule has 0 saturated carbocycles. The number of aldehydes is 1. The number of aliphatic imine (C=N–C) groups is 1. The third kappa shape index (κ3) is 6.52. The quantitative estimate of drug-likeness (QED) is 0.0718. The van der Waals surface area contributed by atoms with Gasteiger partial charge < -0.3 is 19.1 Å². The Labute approximate surface area is 273 Å². The first-order valence-electron chi connectivity index (χ1n) is 15.9. The normalized spacial score (nSPS) is 15.4. The van der Waals surface area contributed by atoms with E-state index in [4.69, 9.17) is 14.2 Å². The fourth-order valence-electron chi connectivity index (χ4n) is 6.30. The van der Waals surface area contributed by atoms with Gasteiger partial charge in [0, 0.05) is 41.9 Å². The Morgan fingerprint density at radius 2 is 1.85 bits per heavy atom. The number of hydrogen-bond acceptors (Lipinski definition) is 8. The molecule has 3 aromatic carbocycles. The predicted octanol–water partition coefficient (Wildman–Crippen LogP) is 6.99. The van der Waals surface area contributed by atoms with E-state index >= 15 is 0 Å². The molecule has 0 aliphatic carbocycles. The molecular formula is C38H37N3O6. The Hall–Kier alpha value is -5.31. The van der Waals surface area contributed by atoms with Crippen LogP contribution in [0.4, 0.5) is 5.69 Å². The second-order valence-corrected chi connectivity index (χ2v) is 11.6. The van der Waals surface area contributed by atoms with Gasteiger partial charge in [-0.05, 0) is 67.7 Å². The number of aromatic nitrogens is 1. The molecule has 240 valence electrons. The average molecular weight is 632 g/mol. The number of pyridine rings is 1. The van der Waals surface area contributed by atoms with Crippen LogP contribution >= 0.6 is 0 Å². The molecule has 1 fully saturated rings. The van der Waals surface area contributed by atoms with Gasteiger partial charge in [-0.2, -0.15) is 0 Å². The number of hydrogen-bond donors (Lipinski definition) is 0. The monoisotopic (exact) mass is 631 g/mol. The Bertz CT molecular complexity index is 1910. The number of nitrogens with zero attached hydrogens (tertiary/aromatic N) is 3. The van der Waals surface area contributed by atoms with Gasteiger partial charge in [-0.15, -0.1) is 0 Å². The fraction of sp³-hybridized carbons (Fsp3) is 0.289. The van der Waals surface area contributed by atoms with Gasteiger partial charge in [0.05, 0.1) is 48.7 Å². The number of carbonyl (C=O) groups excluding carboxylic acids is 3. The second kappa shape index (κ2) is 14.0. The van der Waals surface area contributed by atoms with E-state index in [9.17, 15) is 14.4 Å². The molecule has 1 aromatic heterocycles. The van der Waals surface area contributed by atoms with Crippen molar-refractivity contribution in [1.82, 2.24) is 9.88 Å². The lowest BCUT2D eigenvalue weighted by Crippen LogP contribution is -2.35. The van der Waals surface area contributed by atoms with Gasteiger partial charge in [0.15, 0.2) is 23.6 Å². The van der Waals surface area contributed by atoms with Crippen LogP contribution in [0.25, 0.3) is 17.0 Å². The highest BCUT2D eigenvalue weighted by molar-refractivity contribution is 6.11. The fourth-order valence-corrected chi connectivity index (χ4v) is 6.30. The minimum absolute atomic E-state index is 0.00752. The molecule has 0 radical (unpaired) electrons. The Morgan fingerprint density at radius 3 is 2.64 bits per heavy atom. The highest BCUT2D eigenvalue weighted by atomic mass is 16.5. The first-order valence-corrected chi connectivity index (χ1v) is 15.9. The molecular weight excluding hydrogens is 594 g/mol. The summed E-state index contributed by atoms with van der Waals surface area (Å²) in [5.41, 5.74) is 5.29. The number of methoxy groups -OCH3 is 1. The van der Waals surface area contributed by atoms with E-state index in [1.165, 1.54) is 0 Å². The zero-order valence-corrected chi connectivity index (χ0v) is 26.8. The maximum absolute atomic E-state index is 13.3. The van der Waals surface area contributed by atoms with Gasteiger partial charge in [-0.25, -0.2) is 0 Å². The second-order valence-electron chi connectivity index (χ2n) is 11.6. The largest absolute Gasteiger partial charge is 0.493 e. The van der Waals surface area contributed by atoms with Crippen LogP contribution in [0.1, 0.15) is 74.1 Å². The number of para-hydroxylation sites is 1. The summed E-state index contributed by atoms with van der Waals surface area (Å²) in [6, 6.07) is 16.6. The van der Waals surface area contributed by atoms with Crippen molar-refractivity contribution in [3.05, 3.63) is 94.2 Å². The van der Waals surface area contributed by atoms with Gasteiger partial charge >= 0.3 is 0 Å². The van der Waals surface area contributed by atoms with Gasteiger partial charge in [0.1, 0.15) is 5.75 Å². The summed E-state index contributed by atoms with van der Waals surface area (Å²) in [5, 5.41) is 0.999. The van der Waals surface area contributed by atoms with Gasteiger partial charge in [0.25, 0.3) is 5.91 Å². The first kappa shape index (κ1) is 31.7. The van der Waals surface area contributed by atoms with E-state index in [1.807, 2.05) is 60.5 Å². The van der Waals surface area contributed by atoms with Crippen LogP contribution < -0.4 is 14.2 Å². The molecule has 0 N–H and O–H groups in total. The topological polar surface area (TPSA) is 107 Å². The third-order valence-electron chi connectivity index (χ3n) is 8.63. The predicted molar refractivity (Wildman–Crippen MR) is 182 cm³/mol.